The van der Waals surface area contributed by atoms with Gasteiger partial charge in [-0.25, -0.2) is 0 Å². The van der Waals surface area contributed by atoms with Gasteiger partial charge in [-0.2, -0.15) is 0 Å². The summed E-state index contributed by atoms with van der Waals surface area (Å²) in [6, 6.07) is 9.55. The fourth-order valence-corrected chi connectivity index (χ4v) is 4.02. The zero-order valence-electron chi connectivity index (χ0n) is 11.2. The highest BCUT2D eigenvalue weighted by atomic mass is 32.2. The van der Waals surface area contributed by atoms with Gasteiger partial charge in [0.1, 0.15) is 4.21 Å². The van der Waals surface area contributed by atoms with Crippen LogP contribution in [0.4, 0.5) is 5.69 Å². The number of aryl methyl sites for hydroxylation is 1. The number of thioether (sulfide) groups is 1. The summed E-state index contributed by atoms with van der Waals surface area (Å²) >= 11 is 2.73. The highest BCUT2D eigenvalue weighted by Crippen LogP contribution is 2.41. The molecule has 6 heteroatoms. The van der Waals surface area contributed by atoms with Crippen LogP contribution in [0.3, 0.4) is 0 Å². The summed E-state index contributed by atoms with van der Waals surface area (Å²) < 4.78 is 0.646. The molecule has 0 spiro atoms. The Labute approximate surface area is 125 Å². The molecule has 4 nitrogen and oxygen atoms in total. The van der Waals surface area contributed by atoms with Crippen molar-refractivity contribution in [3.8, 4) is 0 Å². The molecule has 0 fully saturated rings. The molecule has 1 N–H and O–H groups in total. The molecule has 0 saturated carbocycles. The molecule has 1 atom stereocenters. The zero-order chi connectivity index (χ0) is 14.7. The maximum Gasteiger partial charge on any atom is 0.294 e. The Kier molecular flexibility index (Phi) is 4.80. The van der Waals surface area contributed by atoms with Crippen molar-refractivity contribution in [1.82, 2.24) is 0 Å². The molecule has 1 unspecified atom stereocenters. The van der Waals surface area contributed by atoms with E-state index in [4.69, 9.17) is 0 Å². The van der Waals surface area contributed by atoms with E-state index in [9.17, 15) is 15.2 Å². The van der Waals surface area contributed by atoms with E-state index >= 15 is 0 Å². The maximum absolute atomic E-state index is 11.0. The minimum absolute atomic E-state index is 0.0866. The number of nitrogens with zero attached hydrogens (tertiary/aromatic N) is 1. The van der Waals surface area contributed by atoms with Gasteiger partial charge in [0.2, 0.25) is 0 Å². The van der Waals surface area contributed by atoms with Crippen molar-refractivity contribution < 1.29 is 10.0 Å². The summed E-state index contributed by atoms with van der Waals surface area (Å²) in [5.41, 5.74) is 2.40. The van der Waals surface area contributed by atoms with Gasteiger partial charge in [0, 0.05) is 16.7 Å². The molecule has 0 aliphatic rings. The Hall–Kier alpha value is -1.37. The molecule has 0 bridgehead atoms. The van der Waals surface area contributed by atoms with Gasteiger partial charge in [0.25, 0.3) is 5.69 Å². The normalized spacial score (nSPS) is 12.3. The SMILES string of the molecule is Cc1cccc(CSc2sc(C(C)O)cc2[N+](=O)[O-])c1. The third-order valence-electron chi connectivity index (χ3n) is 2.76. The van der Waals surface area contributed by atoms with E-state index in [1.165, 1.54) is 34.7 Å². The predicted molar refractivity (Wildman–Crippen MR) is 82.3 cm³/mol. The molecule has 1 aromatic carbocycles. The number of benzene rings is 1. The average Bonchev–Trinajstić information content (AvgIpc) is 2.81. The van der Waals surface area contributed by atoms with Crippen molar-refractivity contribution in [2.45, 2.75) is 29.9 Å². The van der Waals surface area contributed by atoms with Crippen LogP contribution in [-0.2, 0) is 5.75 Å². The lowest BCUT2D eigenvalue weighted by atomic mass is 10.2. The highest BCUT2D eigenvalue weighted by molar-refractivity contribution is 8.00. The van der Waals surface area contributed by atoms with Crippen molar-refractivity contribution in [3.63, 3.8) is 0 Å². The second-order valence-electron chi connectivity index (χ2n) is 4.53. The van der Waals surface area contributed by atoms with Crippen LogP contribution >= 0.6 is 23.1 Å². The minimum Gasteiger partial charge on any atom is -0.388 e. The molecule has 0 saturated heterocycles. The fraction of sp³-hybridized carbons (Fsp3) is 0.286. The van der Waals surface area contributed by atoms with Gasteiger partial charge < -0.3 is 5.11 Å². The van der Waals surface area contributed by atoms with Crippen LogP contribution in [0.15, 0.2) is 34.5 Å². The molecule has 20 heavy (non-hydrogen) atoms. The lowest BCUT2D eigenvalue weighted by molar-refractivity contribution is -0.387. The van der Waals surface area contributed by atoms with Gasteiger partial charge >= 0.3 is 0 Å². The van der Waals surface area contributed by atoms with Crippen LogP contribution in [0.1, 0.15) is 29.0 Å². The minimum atomic E-state index is -0.674. The number of aliphatic hydroxyl groups is 1. The number of hydrogen-bond acceptors (Lipinski definition) is 5. The summed E-state index contributed by atoms with van der Waals surface area (Å²) in [6.07, 6.45) is -0.674. The number of nitro groups is 1. The Morgan fingerprint density at radius 2 is 2.20 bits per heavy atom. The second-order valence-corrected chi connectivity index (χ2v) is 6.86. The third-order valence-corrected chi connectivity index (χ3v) is 5.40. The van der Waals surface area contributed by atoms with Crippen LogP contribution in [-0.4, -0.2) is 10.0 Å². The first-order valence-electron chi connectivity index (χ1n) is 6.12. The Morgan fingerprint density at radius 3 is 2.80 bits per heavy atom. The van der Waals surface area contributed by atoms with E-state index in [-0.39, 0.29) is 10.6 Å². The molecule has 1 heterocycles. The number of rotatable bonds is 5. The number of thiophene rings is 1. The van der Waals surface area contributed by atoms with Crippen molar-refractivity contribution in [1.29, 1.82) is 0 Å². The smallest absolute Gasteiger partial charge is 0.294 e. The summed E-state index contributed by atoms with van der Waals surface area (Å²) in [7, 11) is 0. The first-order chi connectivity index (χ1) is 9.47. The largest absolute Gasteiger partial charge is 0.388 e. The van der Waals surface area contributed by atoms with Crippen molar-refractivity contribution >= 4 is 28.8 Å². The molecule has 0 aliphatic heterocycles. The van der Waals surface area contributed by atoms with Gasteiger partial charge in [-0.15, -0.1) is 23.1 Å². The topological polar surface area (TPSA) is 63.4 Å². The Bertz CT molecular complexity index is 623. The zero-order valence-corrected chi connectivity index (χ0v) is 12.8. The van der Waals surface area contributed by atoms with Crippen molar-refractivity contribution in [2.24, 2.45) is 0 Å². The standard InChI is InChI=1S/C14H15NO3S2/c1-9-4-3-5-11(6-9)8-19-14-12(15(17)18)7-13(20-14)10(2)16/h3-7,10,16H,8H2,1-2H3. The highest BCUT2D eigenvalue weighted by Gasteiger charge is 2.21. The predicted octanol–water partition coefficient (Wildman–Crippen LogP) is 4.31. The van der Waals surface area contributed by atoms with Crippen LogP contribution in [0.5, 0.6) is 0 Å². The second kappa shape index (κ2) is 6.39. The Morgan fingerprint density at radius 1 is 1.45 bits per heavy atom. The van der Waals surface area contributed by atoms with Gasteiger partial charge in [-0.1, -0.05) is 29.8 Å². The van der Waals surface area contributed by atoms with Crippen LogP contribution in [0.25, 0.3) is 0 Å². The van der Waals surface area contributed by atoms with E-state index in [2.05, 4.69) is 6.07 Å². The van der Waals surface area contributed by atoms with Crippen molar-refractivity contribution in [2.75, 3.05) is 0 Å². The molecule has 106 valence electrons. The van der Waals surface area contributed by atoms with Crippen LogP contribution in [0.2, 0.25) is 0 Å². The third kappa shape index (κ3) is 3.59. The lowest BCUT2D eigenvalue weighted by Crippen LogP contribution is -1.88. The van der Waals surface area contributed by atoms with Crippen LogP contribution in [0, 0.1) is 17.0 Å². The monoisotopic (exact) mass is 309 g/mol. The van der Waals surface area contributed by atoms with Gasteiger partial charge in [0.15, 0.2) is 0 Å². The molecular weight excluding hydrogens is 294 g/mol. The number of hydrogen-bond donors (Lipinski definition) is 1. The quantitative estimate of drug-likeness (QED) is 0.508. The summed E-state index contributed by atoms with van der Waals surface area (Å²) in [5, 5.41) is 20.6. The molecule has 1 aromatic heterocycles. The summed E-state index contributed by atoms with van der Waals surface area (Å²) in [6.45, 7) is 3.64. The molecule has 2 rings (SSSR count). The van der Waals surface area contributed by atoms with E-state index in [1.54, 1.807) is 6.92 Å². The van der Waals surface area contributed by atoms with E-state index in [0.717, 1.165) is 5.56 Å². The van der Waals surface area contributed by atoms with Gasteiger partial charge in [0.05, 0.1) is 11.0 Å². The molecule has 0 radical (unpaired) electrons. The van der Waals surface area contributed by atoms with Crippen molar-refractivity contribution in [3.05, 3.63) is 56.5 Å². The first kappa shape index (κ1) is 15.0. The van der Waals surface area contributed by atoms with E-state index in [1.807, 2.05) is 25.1 Å². The average molecular weight is 309 g/mol. The maximum atomic E-state index is 11.0. The van der Waals surface area contributed by atoms with Gasteiger partial charge in [-0.3, -0.25) is 10.1 Å². The summed E-state index contributed by atoms with van der Waals surface area (Å²) in [5.74, 6) is 0.683. The molecule has 2 aromatic rings. The van der Waals surface area contributed by atoms with Crippen LogP contribution < -0.4 is 0 Å². The van der Waals surface area contributed by atoms with E-state index in [0.29, 0.717) is 14.8 Å². The Balaban J connectivity index is 2.18. The summed E-state index contributed by atoms with van der Waals surface area (Å²) in [4.78, 5) is 11.3. The van der Waals surface area contributed by atoms with Gasteiger partial charge in [-0.05, 0) is 19.4 Å². The molecular formula is C14H15NO3S2. The first-order valence-corrected chi connectivity index (χ1v) is 7.92. The number of aliphatic hydroxyl groups excluding tert-OH is 1. The van der Waals surface area contributed by atoms with E-state index < -0.39 is 6.10 Å². The fourth-order valence-electron chi connectivity index (χ4n) is 1.77. The molecule has 0 amide bonds. The lowest BCUT2D eigenvalue weighted by Gasteiger charge is -2.01. The molecule has 0 aliphatic carbocycles.